The number of halogens is 2. The first-order chi connectivity index (χ1) is 8.40. The van der Waals surface area contributed by atoms with Crippen molar-refractivity contribution in [3.63, 3.8) is 0 Å². The van der Waals surface area contributed by atoms with E-state index in [1.165, 1.54) is 11.9 Å². The standard InChI is InChI=1S/C11H18F2N2O3/c1-14(7-9(12)13)11(18)15-4-2-8(3-5-15)6-10(16)17/h8-9H,2-7H2,1H3,(H,16,17). The van der Waals surface area contributed by atoms with Gasteiger partial charge in [0, 0.05) is 26.6 Å². The van der Waals surface area contributed by atoms with Crippen LogP contribution in [0, 0.1) is 5.92 Å². The molecule has 1 N–H and O–H groups in total. The van der Waals surface area contributed by atoms with Crippen molar-refractivity contribution in [2.45, 2.75) is 25.7 Å². The molecule has 0 aromatic rings. The Morgan fingerprint density at radius 1 is 1.39 bits per heavy atom. The van der Waals surface area contributed by atoms with Gasteiger partial charge in [0.15, 0.2) is 0 Å². The largest absolute Gasteiger partial charge is 0.481 e. The van der Waals surface area contributed by atoms with Gasteiger partial charge in [0.1, 0.15) is 0 Å². The van der Waals surface area contributed by atoms with Crippen molar-refractivity contribution in [1.29, 1.82) is 0 Å². The second-order valence-corrected chi connectivity index (χ2v) is 4.58. The molecule has 1 rings (SSSR count). The molecular weight excluding hydrogens is 246 g/mol. The van der Waals surface area contributed by atoms with Crippen molar-refractivity contribution < 1.29 is 23.5 Å². The number of carbonyl (C=O) groups is 2. The fourth-order valence-electron chi connectivity index (χ4n) is 2.10. The predicted octanol–water partition coefficient (Wildman–Crippen LogP) is 1.49. The first kappa shape index (κ1) is 14.7. The summed E-state index contributed by atoms with van der Waals surface area (Å²) in [5.74, 6) is -0.762. The van der Waals surface area contributed by atoms with E-state index in [9.17, 15) is 18.4 Å². The van der Waals surface area contributed by atoms with Gasteiger partial charge in [0.2, 0.25) is 0 Å². The lowest BCUT2D eigenvalue weighted by Gasteiger charge is -2.34. The number of carboxylic acid groups (broad SMARTS) is 1. The molecule has 18 heavy (non-hydrogen) atoms. The van der Waals surface area contributed by atoms with Crippen LogP contribution in [-0.4, -0.2) is 60.0 Å². The maximum absolute atomic E-state index is 12.1. The van der Waals surface area contributed by atoms with Gasteiger partial charge in [0.25, 0.3) is 6.43 Å². The molecule has 2 amide bonds. The number of rotatable bonds is 4. The van der Waals surface area contributed by atoms with Crippen LogP contribution in [-0.2, 0) is 4.79 Å². The molecule has 0 saturated carbocycles. The quantitative estimate of drug-likeness (QED) is 0.836. The number of hydrogen-bond acceptors (Lipinski definition) is 2. The Bertz CT molecular complexity index is 305. The highest BCUT2D eigenvalue weighted by Gasteiger charge is 2.26. The number of carbonyl (C=O) groups excluding carboxylic acids is 1. The molecule has 1 aliphatic heterocycles. The zero-order chi connectivity index (χ0) is 13.7. The summed E-state index contributed by atoms with van der Waals surface area (Å²) in [5, 5.41) is 8.66. The molecule has 1 aliphatic rings. The maximum atomic E-state index is 12.1. The van der Waals surface area contributed by atoms with Crippen LogP contribution >= 0.6 is 0 Å². The Labute approximate surface area is 104 Å². The van der Waals surface area contributed by atoms with Crippen LogP contribution in [0.1, 0.15) is 19.3 Å². The average molecular weight is 264 g/mol. The van der Waals surface area contributed by atoms with Crippen molar-refractivity contribution in [1.82, 2.24) is 9.80 Å². The first-order valence-electron chi connectivity index (χ1n) is 5.90. The predicted molar refractivity (Wildman–Crippen MR) is 60.6 cm³/mol. The number of piperidine rings is 1. The normalized spacial score (nSPS) is 17.0. The van der Waals surface area contributed by atoms with Gasteiger partial charge in [-0.05, 0) is 18.8 Å². The van der Waals surface area contributed by atoms with E-state index in [4.69, 9.17) is 5.11 Å². The number of carboxylic acids is 1. The summed E-state index contributed by atoms with van der Waals surface area (Å²) < 4.78 is 24.3. The summed E-state index contributed by atoms with van der Waals surface area (Å²) in [7, 11) is 1.35. The van der Waals surface area contributed by atoms with Crippen LogP contribution < -0.4 is 0 Å². The maximum Gasteiger partial charge on any atom is 0.319 e. The Morgan fingerprint density at radius 3 is 2.39 bits per heavy atom. The number of likely N-dealkylation sites (tertiary alicyclic amines) is 1. The molecule has 0 bridgehead atoms. The molecule has 1 saturated heterocycles. The Kier molecular flexibility index (Phi) is 5.30. The van der Waals surface area contributed by atoms with E-state index in [-0.39, 0.29) is 12.3 Å². The van der Waals surface area contributed by atoms with Gasteiger partial charge in [0.05, 0.1) is 6.54 Å². The van der Waals surface area contributed by atoms with Crippen LogP contribution in [0.15, 0.2) is 0 Å². The molecule has 5 nitrogen and oxygen atoms in total. The summed E-state index contributed by atoms with van der Waals surface area (Å²) in [5.41, 5.74) is 0. The van der Waals surface area contributed by atoms with Crippen molar-refractivity contribution in [2.75, 3.05) is 26.7 Å². The van der Waals surface area contributed by atoms with Gasteiger partial charge < -0.3 is 14.9 Å². The summed E-state index contributed by atoms with van der Waals surface area (Å²) in [6, 6.07) is -0.413. The van der Waals surface area contributed by atoms with Crippen LogP contribution in [0.25, 0.3) is 0 Å². The number of amides is 2. The zero-order valence-electron chi connectivity index (χ0n) is 10.3. The summed E-state index contributed by atoms with van der Waals surface area (Å²) >= 11 is 0. The zero-order valence-corrected chi connectivity index (χ0v) is 10.3. The highest BCUT2D eigenvalue weighted by Crippen LogP contribution is 2.21. The van der Waals surface area contributed by atoms with Crippen molar-refractivity contribution in [2.24, 2.45) is 5.92 Å². The number of alkyl halides is 2. The van der Waals surface area contributed by atoms with Gasteiger partial charge in [-0.25, -0.2) is 13.6 Å². The second kappa shape index (κ2) is 6.51. The highest BCUT2D eigenvalue weighted by molar-refractivity contribution is 5.74. The molecule has 0 unspecified atom stereocenters. The monoisotopic (exact) mass is 264 g/mol. The smallest absolute Gasteiger partial charge is 0.319 e. The SMILES string of the molecule is CN(CC(F)F)C(=O)N1CCC(CC(=O)O)CC1. The van der Waals surface area contributed by atoms with Crippen LogP contribution in [0.4, 0.5) is 13.6 Å². The highest BCUT2D eigenvalue weighted by atomic mass is 19.3. The third-order valence-corrected chi connectivity index (χ3v) is 3.09. The van der Waals surface area contributed by atoms with Gasteiger partial charge in [-0.1, -0.05) is 0 Å². The molecule has 0 aromatic carbocycles. The minimum absolute atomic E-state index is 0.0759. The fraction of sp³-hybridized carbons (Fsp3) is 0.818. The Balaban J connectivity index is 2.38. The van der Waals surface area contributed by atoms with Gasteiger partial charge in [-0.15, -0.1) is 0 Å². The number of urea groups is 1. The second-order valence-electron chi connectivity index (χ2n) is 4.58. The molecule has 0 spiro atoms. The number of aliphatic carboxylic acids is 1. The van der Waals surface area contributed by atoms with Gasteiger partial charge in [-0.3, -0.25) is 4.79 Å². The van der Waals surface area contributed by atoms with E-state index in [1.807, 2.05) is 0 Å². The Morgan fingerprint density at radius 2 is 1.94 bits per heavy atom. The summed E-state index contributed by atoms with van der Waals surface area (Å²) in [6.07, 6.45) is -1.21. The summed E-state index contributed by atoms with van der Waals surface area (Å²) in [4.78, 5) is 24.8. The average Bonchev–Trinajstić information content (AvgIpc) is 2.27. The van der Waals surface area contributed by atoms with E-state index in [2.05, 4.69) is 0 Å². The Hall–Kier alpha value is -1.40. The van der Waals surface area contributed by atoms with Crippen molar-refractivity contribution in [3.05, 3.63) is 0 Å². The van der Waals surface area contributed by atoms with E-state index >= 15 is 0 Å². The lowest BCUT2D eigenvalue weighted by Crippen LogP contribution is -2.46. The fourth-order valence-corrected chi connectivity index (χ4v) is 2.10. The molecule has 0 atom stereocenters. The molecule has 104 valence electrons. The molecule has 0 radical (unpaired) electrons. The summed E-state index contributed by atoms with van der Waals surface area (Å²) in [6.45, 7) is 0.294. The van der Waals surface area contributed by atoms with Crippen molar-refractivity contribution >= 4 is 12.0 Å². The van der Waals surface area contributed by atoms with Crippen molar-refractivity contribution in [3.8, 4) is 0 Å². The van der Waals surface area contributed by atoms with Gasteiger partial charge >= 0.3 is 12.0 Å². The lowest BCUT2D eigenvalue weighted by molar-refractivity contribution is -0.138. The van der Waals surface area contributed by atoms with E-state index in [1.54, 1.807) is 0 Å². The van der Waals surface area contributed by atoms with Crippen LogP contribution in [0.3, 0.4) is 0 Å². The minimum atomic E-state index is -2.54. The topological polar surface area (TPSA) is 60.9 Å². The third-order valence-electron chi connectivity index (χ3n) is 3.09. The molecule has 0 aromatic heterocycles. The van der Waals surface area contributed by atoms with E-state index < -0.39 is 25.0 Å². The molecule has 0 aliphatic carbocycles. The van der Waals surface area contributed by atoms with E-state index in [0.717, 1.165) is 4.90 Å². The molecule has 1 fully saturated rings. The molecule has 7 heteroatoms. The van der Waals surface area contributed by atoms with E-state index in [0.29, 0.717) is 25.9 Å². The third kappa shape index (κ3) is 4.46. The van der Waals surface area contributed by atoms with Gasteiger partial charge in [-0.2, -0.15) is 0 Å². The lowest BCUT2D eigenvalue weighted by atomic mass is 9.94. The molecular formula is C11H18F2N2O3. The molecule has 1 heterocycles. The first-order valence-corrected chi connectivity index (χ1v) is 5.90. The van der Waals surface area contributed by atoms with Crippen LogP contribution in [0.5, 0.6) is 0 Å². The minimum Gasteiger partial charge on any atom is -0.481 e. The number of hydrogen-bond donors (Lipinski definition) is 1. The van der Waals surface area contributed by atoms with Crippen LogP contribution in [0.2, 0.25) is 0 Å². The number of nitrogens with zero attached hydrogens (tertiary/aromatic N) is 2.